The molecule has 2 rings (SSSR count). The van der Waals surface area contributed by atoms with Gasteiger partial charge in [-0.15, -0.1) is 0 Å². The Hall–Kier alpha value is -2.56. The number of nitrogens with one attached hydrogen (secondary N) is 1. The fourth-order valence-corrected chi connectivity index (χ4v) is 1.88. The van der Waals surface area contributed by atoms with Crippen LogP contribution in [0.4, 0.5) is 5.69 Å². The molecule has 20 heavy (non-hydrogen) atoms. The summed E-state index contributed by atoms with van der Waals surface area (Å²) >= 11 is 0. The fraction of sp³-hybridized carbons (Fsp3) is 0.200. The summed E-state index contributed by atoms with van der Waals surface area (Å²) in [6.45, 7) is 3.09. The Morgan fingerprint density at radius 1 is 1.35 bits per heavy atom. The monoisotopic (exact) mass is 271 g/mol. The lowest BCUT2D eigenvalue weighted by Crippen LogP contribution is -2.15. The van der Waals surface area contributed by atoms with Crippen LogP contribution in [-0.4, -0.2) is 17.5 Å². The zero-order chi connectivity index (χ0) is 14.4. The van der Waals surface area contributed by atoms with Crippen LogP contribution >= 0.6 is 0 Å². The van der Waals surface area contributed by atoms with Gasteiger partial charge in [0.2, 0.25) is 0 Å². The van der Waals surface area contributed by atoms with Crippen molar-refractivity contribution in [3.63, 3.8) is 0 Å². The van der Waals surface area contributed by atoms with Gasteiger partial charge in [-0.05, 0) is 19.1 Å². The molecule has 0 spiro atoms. The first-order valence-electron chi connectivity index (χ1n) is 6.40. The molecule has 0 unspecified atom stereocenters. The van der Waals surface area contributed by atoms with Gasteiger partial charge in [-0.1, -0.05) is 18.2 Å². The van der Waals surface area contributed by atoms with E-state index >= 15 is 0 Å². The van der Waals surface area contributed by atoms with Gasteiger partial charge in [0.25, 0.3) is 5.91 Å². The van der Waals surface area contributed by atoms with Gasteiger partial charge in [0.05, 0.1) is 17.9 Å². The van der Waals surface area contributed by atoms with Gasteiger partial charge in [-0.2, -0.15) is 0 Å². The maximum atomic E-state index is 11.3. The Balaban J connectivity index is 2.15. The molecule has 1 amide bonds. The molecule has 104 valence electrons. The second kappa shape index (κ2) is 6.56. The molecule has 0 aliphatic rings. The number of nitrogens with zero attached hydrogens (tertiary/aromatic N) is 1. The summed E-state index contributed by atoms with van der Waals surface area (Å²) in [7, 11) is 0. The predicted octanol–water partition coefficient (Wildman–Crippen LogP) is 2.19. The lowest BCUT2D eigenvalue weighted by molar-refractivity contribution is 0.100. The lowest BCUT2D eigenvalue weighted by atomic mass is 10.1. The van der Waals surface area contributed by atoms with Gasteiger partial charge < -0.3 is 15.8 Å². The number of anilines is 1. The van der Waals surface area contributed by atoms with Crippen LogP contribution in [0.25, 0.3) is 0 Å². The summed E-state index contributed by atoms with van der Waals surface area (Å²) < 4.78 is 5.56. The van der Waals surface area contributed by atoms with Crippen molar-refractivity contribution in [3.8, 4) is 5.75 Å². The van der Waals surface area contributed by atoms with E-state index in [-0.39, 0.29) is 0 Å². The molecule has 3 N–H and O–H groups in total. The second-order valence-electron chi connectivity index (χ2n) is 4.18. The first-order valence-corrected chi connectivity index (χ1v) is 6.40. The van der Waals surface area contributed by atoms with Crippen LogP contribution in [0.15, 0.2) is 42.7 Å². The topological polar surface area (TPSA) is 77.2 Å². The molecule has 0 aliphatic carbocycles. The standard InChI is InChI=1S/C15H17N3O2/c1-2-20-14-6-4-3-5-11(14)9-18-13-7-8-17-10-12(13)15(16)19/h3-8,10H,2,9H2,1H3,(H2,16,19)(H,17,18). The SMILES string of the molecule is CCOc1ccccc1CNc1ccncc1C(N)=O. The highest BCUT2D eigenvalue weighted by atomic mass is 16.5. The van der Waals surface area contributed by atoms with Crippen molar-refractivity contribution in [2.75, 3.05) is 11.9 Å². The van der Waals surface area contributed by atoms with E-state index in [1.54, 1.807) is 12.3 Å². The van der Waals surface area contributed by atoms with Gasteiger partial charge in [-0.25, -0.2) is 0 Å². The number of rotatable bonds is 6. The molecule has 1 aromatic carbocycles. The zero-order valence-corrected chi connectivity index (χ0v) is 11.3. The number of primary amides is 1. The van der Waals surface area contributed by atoms with Crippen molar-refractivity contribution in [1.29, 1.82) is 0 Å². The van der Waals surface area contributed by atoms with Gasteiger partial charge in [-0.3, -0.25) is 9.78 Å². The molecular formula is C15H17N3O2. The average molecular weight is 271 g/mol. The number of amides is 1. The number of ether oxygens (including phenoxy) is 1. The maximum absolute atomic E-state index is 11.3. The van der Waals surface area contributed by atoms with Crippen LogP contribution < -0.4 is 15.8 Å². The number of hydrogen-bond donors (Lipinski definition) is 2. The van der Waals surface area contributed by atoms with Crippen LogP contribution in [-0.2, 0) is 6.54 Å². The summed E-state index contributed by atoms with van der Waals surface area (Å²) in [5.74, 6) is 0.330. The summed E-state index contributed by atoms with van der Waals surface area (Å²) in [6, 6.07) is 9.49. The average Bonchev–Trinajstić information content (AvgIpc) is 2.47. The number of hydrogen-bond acceptors (Lipinski definition) is 4. The van der Waals surface area contributed by atoms with Gasteiger partial charge in [0.1, 0.15) is 5.75 Å². The van der Waals surface area contributed by atoms with Crippen LogP contribution in [0.2, 0.25) is 0 Å². The molecule has 0 bridgehead atoms. The first kappa shape index (κ1) is 13.9. The molecule has 2 aromatic rings. The Bertz CT molecular complexity index is 599. The molecule has 0 radical (unpaired) electrons. The maximum Gasteiger partial charge on any atom is 0.252 e. The minimum absolute atomic E-state index is 0.376. The minimum atomic E-state index is -0.501. The smallest absolute Gasteiger partial charge is 0.252 e. The summed E-state index contributed by atoms with van der Waals surface area (Å²) in [4.78, 5) is 15.2. The number of benzene rings is 1. The van der Waals surface area contributed by atoms with Crippen LogP contribution in [0.5, 0.6) is 5.75 Å². The Kier molecular flexibility index (Phi) is 4.55. The molecule has 0 aliphatic heterocycles. The molecule has 0 atom stereocenters. The lowest BCUT2D eigenvalue weighted by Gasteiger charge is -2.13. The minimum Gasteiger partial charge on any atom is -0.494 e. The van der Waals surface area contributed by atoms with Crippen molar-refractivity contribution < 1.29 is 9.53 Å². The van der Waals surface area contributed by atoms with E-state index < -0.39 is 5.91 Å². The van der Waals surface area contributed by atoms with Crippen LogP contribution in [0.1, 0.15) is 22.8 Å². The Morgan fingerprint density at radius 2 is 2.15 bits per heavy atom. The molecule has 0 saturated heterocycles. The summed E-state index contributed by atoms with van der Waals surface area (Å²) in [6.07, 6.45) is 3.07. The van der Waals surface area contributed by atoms with Crippen molar-refractivity contribution in [2.24, 2.45) is 5.73 Å². The first-order chi connectivity index (χ1) is 9.72. The van der Waals surface area contributed by atoms with Crippen LogP contribution in [0.3, 0.4) is 0 Å². The normalized spacial score (nSPS) is 10.1. The number of para-hydroxylation sites is 1. The molecule has 5 nitrogen and oxygen atoms in total. The Labute approximate surface area is 117 Å². The number of carbonyl (C=O) groups excluding carboxylic acids is 1. The third-order valence-corrected chi connectivity index (χ3v) is 2.83. The molecular weight excluding hydrogens is 254 g/mol. The summed E-state index contributed by atoms with van der Waals surface area (Å²) in [5, 5.41) is 3.19. The highest BCUT2D eigenvalue weighted by Crippen LogP contribution is 2.20. The van der Waals surface area contributed by atoms with Crippen molar-refractivity contribution in [2.45, 2.75) is 13.5 Å². The number of nitrogens with two attached hydrogens (primary N) is 1. The van der Waals surface area contributed by atoms with Crippen LogP contribution in [0, 0.1) is 0 Å². The predicted molar refractivity (Wildman–Crippen MR) is 77.7 cm³/mol. The number of aromatic nitrogens is 1. The van der Waals surface area contributed by atoms with Crippen molar-refractivity contribution >= 4 is 11.6 Å². The van der Waals surface area contributed by atoms with E-state index in [0.29, 0.717) is 24.4 Å². The molecule has 1 aromatic heterocycles. The van der Waals surface area contributed by atoms with Gasteiger partial charge in [0.15, 0.2) is 0 Å². The Morgan fingerprint density at radius 3 is 2.90 bits per heavy atom. The van der Waals surface area contributed by atoms with Gasteiger partial charge in [0, 0.05) is 24.5 Å². The van der Waals surface area contributed by atoms with Crippen molar-refractivity contribution in [1.82, 2.24) is 4.98 Å². The molecule has 0 saturated carbocycles. The van der Waals surface area contributed by atoms with E-state index in [4.69, 9.17) is 10.5 Å². The van der Waals surface area contributed by atoms with E-state index in [1.165, 1.54) is 6.20 Å². The fourth-order valence-electron chi connectivity index (χ4n) is 1.88. The summed E-state index contributed by atoms with van der Waals surface area (Å²) in [5.41, 5.74) is 7.37. The number of carbonyl (C=O) groups is 1. The quantitative estimate of drug-likeness (QED) is 0.844. The van der Waals surface area contributed by atoms with E-state index in [2.05, 4.69) is 10.3 Å². The van der Waals surface area contributed by atoms with E-state index in [0.717, 1.165) is 11.3 Å². The van der Waals surface area contributed by atoms with E-state index in [9.17, 15) is 4.79 Å². The van der Waals surface area contributed by atoms with Gasteiger partial charge >= 0.3 is 0 Å². The molecule has 1 heterocycles. The largest absolute Gasteiger partial charge is 0.494 e. The highest BCUT2D eigenvalue weighted by Gasteiger charge is 2.08. The van der Waals surface area contributed by atoms with E-state index in [1.807, 2.05) is 31.2 Å². The molecule has 0 fully saturated rings. The highest BCUT2D eigenvalue weighted by molar-refractivity contribution is 5.98. The van der Waals surface area contributed by atoms with Crippen molar-refractivity contribution in [3.05, 3.63) is 53.9 Å². The third-order valence-electron chi connectivity index (χ3n) is 2.83. The second-order valence-corrected chi connectivity index (χ2v) is 4.18. The zero-order valence-electron chi connectivity index (χ0n) is 11.3. The number of pyridine rings is 1. The molecule has 5 heteroatoms. The third kappa shape index (κ3) is 3.26.